The third-order valence-corrected chi connectivity index (χ3v) is 6.43. The first-order valence-corrected chi connectivity index (χ1v) is 9.79. The third kappa shape index (κ3) is 3.61. The lowest BCUT2D eigenvalue weighted by atomic mass is 10.0. The van der Waals surface area contributed by atoms with Crippen molar-refractivity contribution >= 4 is 40.3 Å². The number of aromatic nitrogens is 1. The molecule has 4 rings (SSSR count). The molecular weight excluding hydrogens is 336 g/mol. The van der Waals surface area contributed by atoms with Crippen LogP contribution in [0.5, 0.6) is 0 Å². The Balaban J connectivity index is 1.19. The normalized spacial score (nSPS) is 24.8. The van der Waals surface area contributed by atoms with Gasteiger partial charge in [0.25, 0.3) is 0 Å². The highest BCUT2D eigenvalue weighted by molar-refractivity contribution is 8.00. The van der Waals surface area contributed by atoms with Crippen molar-refractivity contribution in [1.82, 2.24) is 15.6 Å². The van der Waals surface area contributed by atoms with Crippen LogP contribution in [-0.4, -0.2) is 40.0 Å². The minimum Gasteiger partial charge on any atom is -0.361 e. The predicted octanol–water partition coefficient (Wildman–Crippen LogP) is 2.83. The number of anilines is 1. The number of benzene rings is 1. The van der Waals surface area contributed by atoms with Gasteiger partial charge in [0.1, 0.15) is 0 Å². The molecule has 2 fully saturated rings. The van der Waals surface area contributed by atoms with Gasteiger partial charge in [-0.1, -0.05) is 6.42 Å². The number of amides is 3. The molecule has 132 valence electrons. The fraction of sp³-hybridized carbons (Fsp3) is 0.444. The summed E-state index contributed by atoms with van der Waals surface area (Å²) in [7, 11) is 0. The molecule has 2 aliphatic rings. The molecule has 0 saturated carbocycles. The molecule has 0 unspecified atom stereocenters. The maximum absolute atomic E-state index is 12.1. The van der Waals surface area contributed by atoms with Crippen LogP contribution in [0.4, 0.5) is 10.5 Å². The number of hydrogen-bond acceptors (Lipinski definition) is 3. The fourth-order valence-corrected chi connectivity index (χ4v) is 5.17. The second-order valence-corrected chi connectivity index (χ2v) is 7.97. The van der Waals surface area contributed by atoms with E-state index in [0.29, 0.717) is 11.7 Å². The molecule has 2 aliphatic heterocycles. The summed E-state index contributed by atoms with van der Waals surface area (Å²) < 4.78 is 0. The van der Waals surface area contributed by atoms with E-state index in [1.807, 2.05) is 42.2 Å². The minimum atomic E-state index is -0.0425. The number of unbranched alkanes of at least 4 members (excludes halogenated alkanes) is 1. The molecule has 3 heterocycles. The van der Waals surface area contributed by atoms with Crippen LogP contribution in [0.25, 0.3) is 10.9 Å². The maximum atomic E-state index is 12.1. The summed E-state index contributed by atoms with van der Waals surface area (Å²) >= 11 is 1.92. The smallest absolute Gasteiger partial charge is 0.315 e. The van der Waals surface area contributed by atoms with E-state index >= 15 is 0 Å². The van der Waals surface area contributed by atoms with Gasteiger partial charge in [0.15, 0.2) is 0 Å². The first-order chi connectivity index (χ1) is 12.2. The summed E-state index contributed by atoms with van der Waals surface area (Å²) in [4.78, 5) is 26.6. The lowest BCUT2D eigenvalue weighted by molar-refractivity contribution is -0.116. The average molecular weight is 358 g/mol. The zero-order chi connectivity index (χ0) is 17.2. The van der Waals surface area contributed by atoms with Crippen LogP contribution in [0.3, 0.4) is 0 Å². The molecule has 25 heavy (non-hydrogen) atoms. The van der Waals surface area contributed by atoms with E-state index in [4.69, 9.17) is 0 Å². The predicted molar refractivity (Wildman–Crippen MR) is 101 cm³/mol. The number of urea groups is 1. The van der Waals surface area contributed by atoms with Gasteiger partial charge in [-0.05, 0) is 37.1 Å². The van der Waals surface area contributed by atoms with Gasteiger partial charge >= 0.3 is 6.03 Å². The number of hydrogen-bond donors (Lipinski definition) is 4. The molecule has 0 radical (unpaired) electrons. The molecule has 7 heteroatoms. The van der Waals surface area contributed by atoms with Crippen LogP contribution in [0.15, 0.2) is 30.5 Å². The molecule has 4 N–H and O–H groups in total. The van der Waals surface area contributed by atoms with Crippen molar-refractivity contribution in [3.8, 4) is 0 Å². The van der Waals surface area contributed by atoms with E-state index in [1.54, 1.807) is 0 Å². The molecule has 6 nitrogen and oxygen atoms in total. The van der Waals surface area contributed by atoms with Gasteiger partial charge in [-0.25, -0.2) is 4.79 Å². The summed E-state index contributed by atoms with van der Waals surface area (Å²) in [5, 5.41) is 10.5. The van der Waals surface area contributed by atoms with E-state index < -0.39 is 0 Å². The Bertz CT molecular complexity index is 790. The molecule has 3 amide bonds. The van der Waals surface area contributed by atoms with E-state index in [9.17, 15) is 9.59 Å². The van der Waals surface area contributed by atoms with Crippen molar-refractivity contribution in [3.05, 3.63) is 30.5 Å². The zero-order valence-corrected chi connectivity index (χ0v) is 14.7. The van der Waals surface area contributed by atoms with Crippen LogP contribution in [-0.2, 0) is 4.79 Å². The molecule has 0 spiro atoms. The van der Waals surface area contributed by atoms with Gasteiger partial charge in [0.2, 0.25) is 5.91 Å². The number of rotatable bonds is 6. The summed E-state index contributed by atoms with van der Waals surface area (Å²) in [6.07, 6.45) is 5.33. The number of carbonyl (C=O) groups excluding carboxylic acids is 2. The van der Waals surface area contributed by atoms with Gasteiger partial charge in [0, 0.05) is 40.2 Å². The number of H-pyrrole nitrogens is 1. The van der Waals surface area contributed by atoms with E-state index in [0.717, 1.165) is 41.6 Å². The fourth-order valence-electron chi connectivity index (χ4n) is 3.63. The molecular formula is C18H22N4O2S. The quantitative estimate of drug-likeness (QED) is 0.473. The topological polar surface area (TPSA) is 86.0 Å². The SMILES string of the molecule is O=C(CCCC[C@@H]1SC[C@@H]2NC(=O)N[C@@H]21)Nc1ccc2[nH]ccc2c1. The highest BCUT2D eigenvalue weighted by Crippen LogP contribution is 2.33. The van der Waals surface area contributed by atoms with Crippen molar-refractivity contribution < 1.29 is 9.59 Å². The summed E-state index contributed by atoms with van der Waals surface area (Å²) in [6, 6.07) is 8.35. The van der Waals surface area contributed by atoms with Crippen LogP contribution in [0.1, 0.15) is 25.7 Å². The van der Waals surface area contributed by atoms with Crippen molar-refractivity contribution in [2.75, 3.05) is 11.1 Å². The first kappa shape index (κ1) is 16.3. The van der Waals surface area contributed by atoms with Crippen LogP contribution in [0, 0.1) is 0 Å². The number of fused-ring (bicyclic) bond motifs is 2. The lowest BCUT2D eigenvalue weighted by Crippen LogP contribution is -2.36. The van der Waals surface area contributed by atoms with Gasteiger partial charge in [0.05, 0.1) is 12.1 Å². The maximum Gasteiger partial charge on any atom is 0.315 e. The van der Waals surface area contributed by atoms with Crippen molar-refractivity contribution in [2.45, 2.75) is 43.0 Å². The first-order valence-electron chi connectivity index (χ1n) is 8.75. The molecule has 1 aromatic carbocycles. The molecule has 3 atom stereocenters. The van der Waals surface area contributed by atoms with Crippen LogP contribution >= 0.6 is 11.8 Å². The standard InChI is InChI=1S/C18H22N4O2S/c23-16(20-12-5-6-13-11(9-12)7-8-19-13)4-2-1-3-15-17-14(10-25-15)21-18(24)22-17/h5-9,14-15,17,19H,1-4,10H2,(H,20,23)(H2,21,22,24)/t14-,15-,17-/m0/s1. The summed E-state index contributed by atoms with van der Waals surface area (Å²) in [5.41, 5.74) is 1.91. The van der Waals surface area contributed by atoms with Crippen molar-refractivity contribution in [3.63, 3.8) is 0 Å². The van der Waals surface area contributed by atoms with Gasteiger partial charge < -0.3 is 20.9 Å². The third-order valence-electron chi connectivity index (χ3n) is 4.92. The summed E-state index contributed by atoms with van der Waals surface area (Å²) in [5.74, 6) is 1.04. The molecule has 0 aliphatic carbocycles. The number of thioether (sulfide) groups is 1. The Morgan fingerprint density at radius 2 is 2.16 bits per heavy atom. The van der Waals surface area contributed by atoms with Gasteiger partial charge in [-0.3, -0.25) is 4.79 Å². The minimum absolute atomic E-state index is 0.0425. The average Bonchev–Trinajstić information content (AvgIpc) is 3.27. The highest BCUT2D eigenvalue weighted by Gasteiger charge is 2.42. The second-order valence-electron chi connectivity index (χ2n) is 6.70. The lowest BCUT2D eigenvalue weighted by Gasteiger charge is -2.16. The second kappa shape index (κ2) is 7.00. The Labute approximate surface area is 150 Å². The highest BCUT2D eigenvalue weighted by atomic mass is 32.2. The largest absolute Gasteiger partial charge is 0.361 e. The van der Waals surface area contributed by atoms with Crippen LogP contribution < -0.4 is 16.0 Å². The van der Waals surface area contributed by atoms with Crippen LogP contribution in [0.2, 0.25) is 0 Å². The van der Waals surface area contributed by atoms with Gasteiger partial charge in [-0.15, -0.1) is 0 Å². The van der Waals surface area contributed by atoms with E-state index in [-0.39, 0.29) is 24.0 Å². The molecule has 0 bridgehead atoms. The summed E-state index contributed by atoms with van der Waals surface area (Å²) in [6.45, 7) is 0. The zero-order valence-electron chi connectivity index (χ0n) is 13.9. The molecule has 1 aromatic heterocycles. The molecule has 2 saturated heterocycles. The van der Waals surface area contributed by atoms with Crippen molar-refractivity contribution in [2.24, 2.45) is 0 Å². The number of carbonyl (C=O) groups is 2. The number of nitrogens with one attached hydrogen (secondary N) is 4. The van der Waals surface area contributed by atoms with Crippen molar-refractivity contribution in [1.29, 1.82) is 0 Å². The Hall–Kier alpha value is -2.15. The van der Waals surface area contributed by atoms with Gasteiger partial charge in [-0.2, -0.15) is 11.8 Å². The van der Waals surface area contributed by atoms with E-state index in [2.05, 4.69) is 20.9 Å². The number of aromatic amines is 1. The Morgan fingerprint density at radius 1 is 1.24 bits per heavy atom. The van der Waals surface area contributed by atoms with E-state index in [1.165, 1.54) is 0 Å². The monoisotopic (exact) mass is 358 g/mol. The Morgan fingerprint density at radius 3 is 3.08 bits per heavy atom. The Kier molecular flexibility index (Phi) is 4.57. The molecule has 2 aromatic rings.